The van der Waals surface area contributed by atoms with Crippen LogP contribution in [0.15, 0.2) is 22.5 Å². The molecule has 5 nitrogen and oxygen atoms in total. The Balaban J connectivity index is 0.00000312. The Kier molecular flexibility index (Phi) is 10.4. The molecule has 25 heavy (non-hydrogen) atoms. The zero-order valence-corrected chi connectivity index (χ0v) is 18.6. The minimum atomic E-state index is 0. The third-order valence-corrected chi connectivity index (χ3v) is 5.21. The second-order valence-corrected chi connectivity index (χ2v) is 7.88. The van der Waals surface area contributed by atoms with Crippen LogP contribution in [0.3, 0.4) is 0 Å². The Bertz CT molecular complexity index is 527. The number of nitrogens with zero attached hydrogens (tertiary/aromatic N) is 2. The summed E-state index contributed by atoms with van der Waals surface area (Å²) in [5.41, 5.74) is 0. The van der Waals surface area contributed by atoms with Crippen LogP contribution in [-0.4, -0.2) is 50.0 Å². The van der Waals surface area contributed by atoms with Gasteiger partial charge in [0.1, 0.15) is 6.54 Å². The van der Waals surface area contributed by atoms with Gasteiger partial charge in [0.15, 0.2) is 5.96 Å². The van der Waals surface area contributed by atoms with Crippen LogP contribution < -0.4 is 10.6 Å². The van der Waals surface area contributed by atoms with Gasteiger partial charge in [-0.1, -0.05) is 25.8 Å². The van der Waals surface area contributed by atoms with Gasteiger partial charge in [0, 0.05) is 31.6 Å². The van der Waals surface area contributed by atoms with Crippen molar-refractivity contribution in [3.05, 3.63) is 22.4 Å². The minimum Gasteiger partial charge on any atom is -0.356 e. The highest BCUT2D eigenvalue weighted by Gasteiger charge is 2.17. The summed E-state index contributed by atoms with van der Waals surface area (Å²) < 4.78 is 0. The van der Waals surface area contributed by atoms with E-state index in [0.29, 0.717) is 12.0 Å². The van der Waals surface area contributed by atoms with E-state index in [1.54, 1.807) is 30.3 Å². The number of aliphatic imine (C=N–C) groups is 1. The van der Waals surface area contributed by atoms with Crippen molar-refractivity contribution >= 4 is 47.2 Å². The lowest BCUT2D eigenvalue weighted by atomic mass is 10.1. The van der Waals surface area contributed by atoms with E-state index in [4.69, 9.17) is 0 Å². The van der Waals surface area contributed by atoms with Crippen molar-refractivity contribution in [1.82, 2.24) is 15.5 Å². The molecule has 1 amide bonds. The van der Waals surface area contributed by atoms with E-state index in [-0.39, 0.29) is 36.4 Å². The number of rotatable bonds is 7. The molecule has 2 N–H and O–H groups in total. The summed E-state index contributed by atoms with van der Waals surface area (Å²) >= 11 is 1.81. The monoisotopic (exact) mass is 478 g/mol. The first kappa shape index (κ1) is 22.2. The third kappa shape index (κ3) is 8.40. The number of amides is 1. The Morgan fingerprint density at radius 3 is 2.72 bits per heavy atom. The van der Waals surface area contributed by atoms with Crippen molar-refractivity contribution in [3.63, 3.8) is 0 Å². The van der Waals surface area contributed by atoms with Gasteiger partial charge in [-0.3, -0.25) is 4.79 Å². The molecule has 1 heterocycles. The number of halogens is 1. The zero-order chi connectivity index (χ0) is 17.4. The predicted molar refractivity (Wildman–Crippen MR) is 117 cm³/mol. The maximum atomic E-state index is 11.8. The summed E-state index contributed by atoms with van der Waals surface area (Å²) in [4.78, 5) is 19.3. The predicted octanol–water partition coefficient (Wildman–Crippen LogP) is 3.11. The number of hydrogen-bond donors (Lipinski definition) is 2. The molecule has 7 heteroatoms. The van der Waals surface area contributed by atoms with Crippen LogP contribution in [0, 0.1) is 5.92 Å². The summed E-state index contributed by atoms with van der Waals surface area (Å²) in [6, 6.07) is 4.77. The van der Waals surface area contributed by atoms with Crippen LogP contribution in [0.25, 0.3) is 0 Å². The molecule has 1 aromatic heterocycles. The van der Waals surface area contributed by atoms with E-state index in [0.717, 1.165) is 18.9 Å². The molecule has 1 aromatic rings. The molecule has 1 saturated carbocycles. The number of guanidine groups is 1. The molecular formula is C18H31IN4OS. The summed E-state index contributed by atoms with van der Waals surface area (Å²) in [6.45, 7) is 3.28. The smallest absolute Gasteiger partial charge is 0.243 e. The molecule has 0 aromatic carbocycles. The lowest BCUT2D eigenvalue weighted by Crippen LogP contribution is -2.44. The first-order chi connectivity index (χ1) is 11.5. The zero-order valence-electron chi connectivity index (χ0n) is 15.5. The number of carbonyl (C=O) groups is 1. The normalized spacial score (nSPS) is 16.2. The van der Waals surface area contributed by atoms with Crippen molar-refractivity contribution in [2.75, 3.05) is 27.2 Å². The van der Waals surface area contributed by atoms with Crippen molar-refractivity contribution < 1.29 is 4.79 Å². The highest BCUT2D eigenvalue weighted by molar-refractivity contribution is 14.0. The quantitative estimate of drug-likeness (QED) is 0.360. The SMILES string of the molecule is CC(CNC(=NCC(=O)N(C)C)NC1CCCC1)Cc1cccs1.I. The van der Waals surface area contributed by atoms with E-state index >= 15 is 0 Å². The summed E-state index contributed by atoms with van der Waals surface area (Å²) in [5.74, 6) is 1.31. The Labute approximate surface area is 172 Å². The lowest BCUT2D eigenvalue weighted by Gasteiger charge is -2.20. The Morgan fingerprint density at radius 1 is 1.40 bits per heavy atom. The van der Waals surface area contributed by atoms with Crippen LogP contribution in [0.2, 0.25) is 0 Å². The van der Waals surface area contributed by atoms with E-state index in [1.165, 1.54) is 30.6 Å². The third-order valence-electron chi connectivity index (χ3n) is 4.31. The van der Waals surface area contributed by atoms with E-state index in [2.05, 4.69) is 40.1 Å². The molecule has 0 spiro atoms. The number of carbonyl (C=O) groups excluding carboxylic acids is 1. The lowest BCUT2D eigenvalue weighted by molar-refractivity contribution is -0.127. The van der Waals surface area contributed by atoms with Gasteiger partial charge in [0.25, 0.3) is 0 Å². The second kappa shape index (κ2) is 11.7. The van der Waals surface area contributed by atoms with Crippen molar-refractivity contribution in [1.29, 1.82) is 0 Å². The van der Waals surface area contributed by atoms with E-state index in [1.807, 2.05) is 0 Å². The van der Waals surface area contributed by atoms with E-state index in [9.17, 15) is 4.79 Å². The van der Waals surface area contributed by atoms with Crippen LogP contribution in [0.4, 0.5) is 0 Å². The Morgan fingerprint density at radius 2 is 2.12 bits per heavy atom. The molecule has 0 bridgehead atoms. The standard InChI is InChI=1S/C18H30N4OS.HI/c1-14(11-16-9-6-10-24-16)12-19-18(20-13-17(23)22(2)3)21-15-7-4-5-8-15;/h6,9-10,14-15H,4-5,7-8,11-13H2,1-3H3,(H2,19,20,21);1H. The largest absolute Gasteiger partial charge is 0.356 e. The fourth-order valence-corrected chi connectivity index (χ4v) is 3.69. The first-order valence-electron chi connectivity index (χ1n) is 8.82. The molecule has 1 unspecified atom stereocenters. The molecular weight excluding hydrogens is 447 g/mol. The second-order valence-electron chi connectivity index (χ2n) is 6.85. The molecule has 142 valence electrons. The van der Waals surface area contributed by atoms with Crippen LogP contribution in [-0.2, 0) is 11.2 Å². The summed E-state index contributed by atoms with van der Waals surface area (Å²) in [7, 11) is 3.52. The average molecular weight is 478 g/mol. The van der Waals surface area contributed by atoms with Gasteiger partial charge < -0.3 is 15.5 Å². The van der Waals surface area contributed by atoms with Gasteiger partial charge in [-0.2, -0.15) is 0 Å². The fraction of sp³-hybridized carbons (Fsp3) is 0.667. The van der Waals surface area contributed by atoms with Crippen LogP contribution in [0.5, 0.6) is 0 Å². The summed E-state index contributed by atoms with van der Waals surface area (Å²) in [5, 5.41) is 9.04. The number of hydrogen-bond acceptors (Lipinski definition) is 3. The average Bonchev–Trinajstić information content (AvgIpc) is 3.23. The molecule has 0 aliphatic heterocycles. The van der Waals surface area contributed by atoms with Gasteiger partial charge in [-0.05, 0) is 36.6 Å². The maximum Gasteiger partial charge on any atom is 0.243 e. The van der Waals surface area contributed by atoms with E-state index < -0.39 is 0 Å². The topological polar surface area (TPSA) is 56.7 Å². The van der Waals surface area contributed by atoms with Gasteiger partial charge in [-0.15, -0.1) is 35.3 Å². The molecule has 1 aliphatic carbocycles. The first-order valence-corrected chi connectivity index (χ1v) is 9.70. The number of thiophene rings is 1. The highest BCUT2D eigenvalue weighted by Crippen LogP contribution is 2.17. The minimum absolute atomic E-state index is 0. The maximum absolute atomic E-state index is 11.8. The van der Waals surface area contributed by atoms with Gasteiger partial charge in [0.2, 0.25) is 5.91 Å². The van der Waals surface area contributed by atoms with Crippen LogP contribution >= 0.6 is 35.3 Å². The molecule has 1 aliphatic rings. The molecule has 1 atom stereocenters. The molecule has 2 rings (SSSR count). The Hall–Kier alpha value is -0.830. The highest BCUT2D eigenvalue weighted by atomic mass is 127. The van der Waals surface area contributed by atoms with Crippen molar-refractivity contribution in [2.45, 2.75) is 45.1 Å². The van der Waals surface area contributed by atoms with Crippen molar-refractivity contribution in [2.24, 2.45) is 10.9 Å². The molecule has 0 radical (unpaired) electrons. The number of likely N-dealkylation sites (N-methyl/N-ethyl adjacent to an activating group) is 1. The molecule has 1 fully saturated rings. The number of nitrogens with one attached hydrogen (secondary N) is 2. The van der Waals surface area contributed by atoms with Gasteiger partial charge in [-0.25, -0.2) is 4.99 Å². The van der Waals surface area contributed by atoms with Gasteiger partial charge >= 0.3 is 0 Å². The van der Waals surface area contributed by atoms with Crippen LogP contribution in [0.1, 0.15) is 37.5 Å². The summed E-state index contributed by atoms with van der Waals surface area (Å²) in [6.07, 6.45) is 5.99. The molecule has 0 saturated heterocycles. The fourth-order valence-electron chi connectivity index (χ4n) is 2.82. The van der Waals surface area contributed by atoms with Crippen molar-refractivity contribution in [3.8, 4) is 0 Å². The van der Waals surface area contributed by atoms with Gasteiger partial charge in [0.05, 0.1) is 0 Å².